The van der Waals surface area contributed by atoms with Crippen LogP contribution in [-0.2, 0) is 5.41 Å². The lowest BCUT2D eigenvalue weighted by molar-refractivity contribution is 0.252. The topological polar surface area (TPSA) is 87.1 Å². The molecule has 0 aliphatic rings. The van der Waals surface area contributed by atoms with Crippen LogP contribution in [0.1, 0.15) is 117 Å². The number of halogens is 1. The molecule has 38 heavy (non-hydrogen) atoms. The summed E-state index contributed by atoms with van der Waals surface area (Å²) >= 11 is 6.58. The number of carbonyl (C=O) groups excluding carboxylic acids is 1. The minimum atomic E-state index is -0.214. The normalized spacial score (nSPS) is 11.8. The van der Waals surface area contributed by atoms with Crippen molar-refractivity contribution in [2.75, 3.05) is 11.9 Å². The third-order valence-corrected chi connectivity index (χ3v) is 7.33. The van der Waals surface area contributed by atoms with Gasteiger partial charge in [-0.05, 0) is 18.6 Å². The molecule has 0 saturated heterocycles. The van der Waals surface area contributed by atoms with Crippen LogP contribution in [-0.4, -0.2) is 32.4 Å². The van der Waals surface area contributed by atoms with Crippen LogP contribution in [0.3, 0.4) is 0 Å². The highest BCUT2D eigenvalue weighted by molar-refractivity contribution is 6.34. The zero-order valence-corrected chi connectivity index (χ0v) is 24.6. The molecule has 2 heterocycles. The third kappa shape index (κ3) is 9.04. The molecule has 8 heteroatoms. The summed E-state index contributed by atoms with van der Waals surface area (Å²) in [4.78, 5) is 17.2. The molecule has 2 aromatic heterocycles. The van der Waals surface area contributed by atoms with Crippen molar-refractivity contribution in [3.63, 3.8) is 0 Å². The fourth-order valence-corrected chi connectivity index (χ4v) is 5.16. The highest BCUT2D eigenvalue weighted by atomic mass is 35.5. The van der Waals surface area contributed by atoms with Gasteiger partial charge in [0.2, 0.25) is 0 Å². The molecule has 0 atom stereocenters. The van der Waals surface area contributed by atoms with Crippen molar-refractivity contribution in [3.8, 4) is 11.4 Å². The van der Waals surface area contributed by atoms with E-state index in [0.717, 1.165) is 24.1 Å². The van der Waals surface area contributed by atoms with E-state index in [4.69, 9.17) is 11.6 Å². The molecule has 0 aliphatic heterocycles. The maximum atomic E-state index is 12.6. The number of hydrogen-bond acceptors (Lipinski definition) is 3. The van der Waals surface area contributed by atoms with Gasteiger partial charge in [-0.15, -0.1) is 5.10 Å². The van der Waals surface area contributed by atoms with Gasteiger partial charge in [0.05, 0.1) is 11.4 Å². The number of anilines is 1. The Bertz CT molecular complexity index is 1130. The van der Waals surface area contributed by atoms with Gasteiger partial charge >= 0.3 is 6.03 Å². The van der Waals surface area contributed by atoms with Crippen molar-refractivity contribution >= 4 is 29.0 Å². The molecule has 0 fully saturated rings. The van der Waals surface area contributed by atoms with Gasteiger partial charge < -0.3 is 10.6 Å². The van der Waals surface area contributed by atoms with E-state index in [1.165, 1.54) is 70.6 Å². The van der Waals surface area contributed by atoms with Crippen LogP contribution >= 0.6 is 11.6 Å². The second kappa shape index (κ2) is 15.2. The summed E-state index contributed by atoms with van der Waals surface area (Å²) in [6, 6.07) is 7.34. The Kier molecular flexibility index (Phi) is 12.0. The first-order valence-electron chi connectivity index (χ1n) is 14.6. The standard InChI is InChI=1S/C30H47ClN6O/c1-5-6-7-8-9-10-11-12-13-14-15-16-19-22-32-29(38)33-24-21-18-17-20-23(24)27-34-28-25(31)26(30(2,3)4)35-37(28)36-27/h17-18,20-21,35H,5-16,19,22H2,1-4H3,(H2,32,33,38). The Morgan fingerprint density at radius 1 is 0.921 bits per heavy atom. The number of nitrogens with one attached hydrogen (secondary N) is 3. The molecule has 0 spiro atoms. The molecule has 3 aromatic rings. The van der Waals surface area contributed by atoms with Crippen LogP contribution in [0, 0.1) is 0 Å². The van der Waals surface area contributed by atoms with Crippen molar-refractivity contribution in [2.24, 2.45) is 0 Å². The van der Waals surface area contributed by atoms with Crippen molar-refractivity contribution in [2.45, 2.75) is 117 Å². The second-order valence-corrected chi connectivity index (χ2v) is 11.8. The number of para-hydroxylation sites is 1. The van der Waals surface area contributed by atoms with E-state index < -0.39 is 0 Å². The summed E-state index contributed by atoms with van der Waals surface area (Å²) in [7, 11) is 0. The van der Waals surface area contributed by atoms with Crippen LogP contribution in [0.25, 0.3) is 17.0 Å². The Morgan fingerprint density at radius 3 is 2.08 bits per heavy atom. The summed E-state index contributed by atoms with van der Waals surface area (Å²) in [5.41, 5.74) is 2.72. The Balaban J connectivity index is 1.36. The minimum Gasteiger partial charge on any atom is -0.338 e. The molecule has 210 valence electrons. The first-order chi connectivity index (χ1) is 18.3. The van der Waals surface area contributed by atoms with Gasteiger partial charge in [0.25, 0.3) is 0 Å². The molecule has 0 radical (unpaired) electrons. The maximum Gasteiger partial charge on any atom is 0.319 e. The lowest BCUT2D eigenvalue weighted by atomic mass is 9.92. The van der Waals surface area contributed by atoms with E-state index in [9.17, 15) is 4.79 Å². The quantitative estimate of drug-likeness (QED) is 0.158. The smallest absolute Gasteiger partial charge is 0.319 e. The molecule has 3 rings (SSSR count). The van der Waals surface area contributed by atoms with Crippen LogP contribution in [0.2, 0.25) is 5.02 Å². The van der Waals surface area contributed by atoms with E-state index in [0.29, 0.717) is 28.7 Å². The predicted molar refractivity (Wildman–Crippen MR) is 159 cm³/mol. The van der Waals surface area contributed by atoms with E-state index in [1.807, 2.05) is 24.3 Å². The molecule has 7 nitrogen and oxygen atoms in total. The van der Waals surface area contributed by atoms with Gasteiger partial charge in [-0.1, -0.05) is 128 Å². The number of nitrogens with zero attached hydrogens (tertiary/aromatic N) is 3. The van der Waals surface area contributed by atoms with Crippen molar-refractivity contribution in [1.82, 2.24) is 25.1 Å². The number of urea groups is 1. The molecular formula is C30H47ClN6O. The van der Waals surface area contributed by atoms with Gasteiger partial charge in [-0.25, -0.2) is 9.78 Å². The molecule has 1 aromatic carbocycles. The number of benzene rings is 1. The van der Waals surface area contributed by atoms with Crippen LogP contribution in [0.15, 0.2) is 24.3 Å². The molecular weight excluding hydrogens is 496 g/mol. The molecule has 2 amide bonds. The van der Waals surface area contributed by atoms with Crippen molar-refractivity contribution in [3.05, 3.63) is 35.0 Å². The van der Waals surface area contributed by atoms with Gasteiger partial charge in [-0.2, -0.15) is 4.63 Å². The summed E-state index contributed by atoms with van der Waals surface area (Å²) in [6.45, 7) is 9.19. The Hall–Kier alpha value is -2.54. The summed E-state index contributed by atoms with van der Waals surface area (Å²) in [5.74, 6) is 0.506. The second-order valence-electron chi connectivity index (χ2n) is 11.4. The first kappa shape index (κ1) is 30.0. The van der Waals surface area contributed by atoms with Crippen molar-refractivity contribution in [1.29, 1.82) is 0 Å². The number of aromatic amines is 1. The number of aromatic nitrogens is 4. The van der Waals surface area contributed by atoms with Crippen LogP contribution in [0.4, 0.5) is 10.5 Å². The number of amides is 2. The predicted octanol–water partition coefficient (Wildman–Crippen LogP) is 8.89. The molecule has 0 bridgehead atoms. The third-order valence-electron chi connectivity index (χ3n) is 6.97. The zero-order chi connectivity index (χ0) is 27.4. The monoisotopic (exact) mass is 542 g/mol. The number of fused-ring (bicyclic) bond motifs is 1. The summed E-state index contributed by atoms with van der Waals surface area (Å²) in [5, 5.41) is 14.3. The maximum absolute atomic E-state index is 12.6. The highest BCUT2D eigenvalue weighted by Crippen LogP contribution is 2.33. The van der Waals surface area contributed by atoms with Gasteiger partial charge in [0.1, 0.15) is 5.02 Å². The van der Waals surface area contributed by atoms with E-state index in [1.54, 1.807) is 4.63 Å². The average Bonchev–Trinajstić information content (AvgIpc) is 3.44. The number of rotatable bonds is 16. The lowest BCUT2D eigenvalue weighted by Gasteiger charge is -2.16. The largest absolute Gasteiger partial charge is 0.338 e. The van der Waals surface area contributed by atoms with Crippen LogP contribution < -0.4 is 10.6 Å². The summed E-state index contributed by atoms with van der Waals surface area (Å²) < 4.78 is 1.60. The van der Waals surface area contributed by atoms with Gasteiger partial charge in [0.15, 0.2) is 11.5 Å². The Morgan fingerprint density at radius 2 is 1.50 bits per heavy atom. The summed E-state index contributed by atoms with van der Waals surface area (Å²) in [6.07, 6.45) is 17.1. The van der Waals surface area contributed by atoms with Crippen LogP contribution in [0.5, 0.6) is 0 Å². The minimum absolute atomic E-state index is 0.148. The van der Waals surface area contributed by atoms with E-state index in [2.05, 4.69) is 53.5 Å². The molecule has 0 aliphatic carbocycles. The highest BCUT2D eigenvalue weighted by Gasteiger charge is 2.24. The van der Waals surface area contributed by atoms with E-state index >= 15 is 0 Å². The lowest BCUT2D eigenvalue weighted by Crippen LogP contribution is -2.29. The number of hydrogen-bond donors (Lipinski definition) is 3. The molecule has 3 N–H and O–H groups in total. The molecule has 0 saturated carbocycles. The van der Waals surface area contributed by atoms with Gasteiger partial charge in [-0.3, -0.25) is 5.10 Å². The number of carbonyl (C=O) groups is 1. The molecule has 0 unspecified atom stereocenters. The fraction of sp³-hybridized carbons (Fsp3) is 0.633. The van der Waals surface area contributed by atoms with Crippen molar-refractivity contribution < 1.29 is 4.79 Å². The average molecular weight is 543 g/mol. The SMILES string of the molecule is CCCCCCCCCCCCCCCNC(=O)Nc1ccccc1-c1nc2c(Cl)c(C(C)(C)C)[nH]n2n1. The number of unbranched alkanes of at least 4 members (excludes halogenated alkanes) is 12. The number of H-pyrrole nitrogens is 1. The van der Waals surface area contributed by atoms with Gasteiger partial charge in [0, 0.05) is 17.5 Å². The fourth-order valence-electron chi connectivity index (χ4n) is 4.71. The Labute approximate surface area is 233 Å². The van der Waals surface area contributed by atoms with E-state index in [-0.39, 0.29) is 11.4 Å². The first-order valence-corrected chi connectivity index (χ1v) is 15.0. The zero-order valence-electron chi connectivity index (χ0n) is 23.8.